The molecule has 3 atom stereocenters. The van der Waals surface area contributed by atoms with Crippen LogP contribution in [0.2, 0.25) is 0 Å². The van der Waals surface area contributed by atoms with E-state index in [0.717, 1.165) is 31.4 Å². The van der Waals surface area contributed by atoms with Crippen molar-refractivity contribution >= 4 is 0 Å². The Balaban J connectivity index is 2.07. The molecular weight excluding hydrogens is 236 g/mol. The van der Waals surface area contributed by atoms with E-state index < -0.39 is 11.6 Å². The highest BCUT2D eigenvalue weighted by atomic mass is 19.1. The van der Waals surface area contributed by atoms with Crippen molar-refractivity contribution in [2.45, 2.75) is 38.3 Å². The molecule has 1 saturated carbocycles. The maximum absolute atomic E-state index is 13.6. The topological polar surface area (TPSA) is 32.3 Å². The van der Waals surface area contributed by atoms with E-state index in [0.29, 0.717) is 5.56 Å². The number of halogens is 2. The molecule has 1 aliphatic rings. The number of benzene rings is 1. The summed E-state index contributed by atoms with van der Waals surface area (Å²) in [6.07, 6.45) is 3.04. The summed E-state index contributed by atoms with van der Waals surface area (Å²) in [5, 5.41) is 12.5. The Morgan fingerprint density at radius 2 is 2.17 bits per heavy atom. The number of aliphatic hydroxyl groups excluding tert-OH is 1. The summed E-state index contributed by atoms with van der Waals surface area (Å²) >= 11 is 0. The zero-order valence-corrected chi connectivity index (χ0v) is 10.5. The van der Waals surface area contributed by atoms with Crippen LogP contribution in [0.4, 0.5) is 8.78 Å². The number of hydrogen-bond donors (Lipinski definition) is 2. The number of aliphatic hydroxyl groups is 1. The average molecular weight is 255 g/mol. The molecule has 0 aliphatic heterocycles. The molecular formula is C14H19F2NO. The lowest BCUT2D eigenvalue weighted by molar-refractivity contribution is 0.200. The van der Waals surface area contributed by atoms with E-state index in [9.17, 15) is 13.9 Å². The van der Waals surface area contributed by atoms with Gasteiger partial charge in [0.2, 0.25) is 0 Å². The monoisotopic (exact) mass is 255 g/mol. The van der Waals surface area contributed by atoms with Crippen LogP contribution in [0.5, 0.6) is 0 Å². The van der Waals surface area contributed by atoms with Crippen LogP contribution < -0.4 is 5.32 Å². The Labute approximate surface area is 106 Å². The van der Waals surface area contributed by atoms with Crippen LogP contribution in [0.1, 0.15) is 37.8 Å². The molecule has 0 amide bonds. The quantitative estimate of drug-likeness (QED) is 0.867. The lowest BCUT2D eigenvalue weighted by atomic mass is 10.0. The van der Waals surface area contributed by atoms with Crippen molar-refractivity contribution in [3.8, 4) is 0 Å². The minimum Gasteiger partial charge on any atom is -0.396 e. The fourth-order valence-electron chi connectivity index (χ4n) is 2.73. The first-order chi connectivity index (χ1) is 8.61. The normalized spacial score (nSPS) is 25.3. The Bertz CT molecular complexity index is 411. The zero-order chi connectivity index (χ0) is 13.1. The van der Waals surface area contributed by atoms with Gasteiger partial charge in [0.1, 0.15) is 11.6 Å². The molecule has 0 aromatic heterocycles. The molecule has 1 aromatic carbocycles. The van der Waals surface area contributed by atoms with Gasteiger partial charge < -0.3 is 10.4 Å². The zero-order valence-electron chi connectivity index (χ0n) is 10.5. The molecule has 0 radical (unpaired) electrons. The molecule has 4 heteroatoms. The first kappa shape index (κ1) is 13.4. The van der Waals surface area contributed by atoms with Crippen LogP contribution in [0.15, 0.2) is 18.2 Å². The summed E-state index contributed by atoms with van der Waals surface area (Å²) in [5.41, 5.74) is 0.346. The first-order valence-electron chi connectivity index (χ1n) is 6.43. The van der Waals surface area contributed by atoms with Gasteiger partial charge in [0, 0.05) is 24.3 Å². The summed E-state index contributed by atoms with van der Waals surface area (Å²) < 4.78 is 26.7. The van der Waals surface area contributed by atoms with Crippen LogP contribution in [-0.4, -0.2) is 17.8 Å². The highest BCUT2D eigenvalue weighted by molar-refractivity contribution is 5.22. The Morgan fingerprint density at radius 3 is 2.89 bits per heavy atom. The van der Waals surface area contributed by atoms with Crippen molar-refractivity contribution in [2.24, 2.45) is 5.92 Å². The molecule has 18 heavy (non-hydrogen) atoms. The number of rotatable bonds is 4. The molecule has 0 saturated heterocycles. The predicted molar refractivity (Wildman–Crippen MR) is 66.1 cm³/mol. The van der Waals surface area contributed by atoms with Gasteiger partial charge in [-0.2, -0.15) is 0 Å². The average Bonchev–Trinajstić information content (AvgIpc) is 2.79. The SMILES string of the molecule is CC(NC1CCCC1CO)c1cc(F)ccc1F. The van der Waals surface area contributed by atoms with Crippen molar-refractivity contribution in [2.75, 3.05) is 6.61 Å². The minimum absolute atomic E-state index is 0.149. The Hall–Kier alpha value is -1.00. The fourth-order valence-corrected chi connectivity index (χ4v) is 2.73. The van der Waals surface area contributed by atoms with Gasteiger partial charge in [-0.05, 0) is 43.9 Å². The third kappa shape index (κ3) is 2.87. The van der Waals surface area contributed by atoms with Gasteiger partial charge in [0.15, 0.2) is 0 Å². The number of nitrogens with one attached hydrogen (secondary N) is 1. The van der Waals surface area contributed by atoms with E-state index in [1.54, 1.807) is 0 Å². The largest absolute Gasteiger partial charge is 0.396 e. The van der Waals surface area contributed by atoms with Gasteiger partial charge in [-0.1, -0.05) is 6.42 Å². The number of hydrogen-bond acceptors (Lipinski definition) is 2. The van der Waals surface area contributed by atoms with Crippen molar-refractivity contribution in [1.82, 2.24) is 5.32 Å². The van der Waals surface area contributed by atoms with Gasteiger partial charge in [-0.15, -0.1) is 0 Å². The summed E-state index contributed by atoms with van der Waals surface area (Å²) in [6.45, 7) is 1.97. The van der Waals surface area contributed by atoms with Crippen LogP contribution in [0.3, 0.4) is 0 Å². The molecule has 1 aliphatic carbocycles. The molecule has 1 fully saturated rings. The summed E-state index contributed by atoms with van der Waals surface area (Å²) in [6, 6.07) is 3.44. The van der Waals surface area contributed by atoms with E-state index in [1.807, 2.05) is 6.92 Å². The maximum Gasteiger partial charge on any atom is 0.128 e. The minimum atomic E-state index is -0.426. The predicted octanol–water partition coefficient (Wildman–Crippen LogP) is 2.78. The lowest BCUT2D eigenvalue weighted by Crippen LogP contribution is -2.36. The Morgan fingerprint density at radius 1 is 1.39 bits per heavy atom. The van der Waals surface area contributed by atoms with E-state index >= 15 is 0 Å². The molecule has 0 spiro atoms. The van der Waals surface area contributed by atoms with Crippen molar-refractivity contribution < 1.29 is 13.9 Å². The third-order valence-corrected chi connectivity index (χ3v) is 3.78. The van der Waals surface area contributed by atoms with Gasteiger partial charge >= 0.3 is 0 Å². The highest BCUT2D eigenvalue weighted by Crippen LogP contribution is 2.28. The van der Waals surface area contributed by atoms with Crippen LogP contribution >= 0.6 is 0 Å². The van der Waals surface area contributed by atoms with Crippen LogP contribution in [0, 0.1) is 17.6 Å². The fraction of sp³-hybridized carbons (Fsp3) is 0.571. The molecule has 2 rings (SSSR count). The molecule has 2 nitrogen and oxygen atoms in total. The third-order valence-electron chi connectivity index (χ3n) is 3.78. The summed E-state index contributed by atoms with van der Waals surface area (Å²) in [7, 11) is 0. The second kappa shape index (κ2) is 5.76. The highest BCUT2D eigenvalue weighted by Gasteiger charge is 2.28. The maximum atomic E-state index is 13.6. The molecule has 0 bridgehead atoms. The van der Waals surface area contributed by atoms with Gasteiger partial charge in [-0.3, -0.25) is 0 Å². The summed E-state index contributed by atoms with van der Waals surface area (Å²) in [5.74, 6) is -0.593. The molecule has 2 N–H and O–H groups in total. The smallest absolute Gasteiger partial charge is 0.128 e. The summed E-state index contributed by atoms with van der Waals surface area (Å²) in [4.78, 5) is 0. The van der Waals surface area contributed by atoms with Crippen LogP contribution in [-0.2, 0) is 0 Å². The second-order valence-electron chi connectivity index (χ2n) is 5.03. The molecule has 1 aromatic rings. The molecule has 100 valence electrons. The van der Waals surface area contributed by atoms with E-state index in [-0.39, 0.29) is 24.6 Å². The second-order valence-corrected chi connectivity index (χ2v) is 5.03. The standard InChI is InChI=1S/C14H19F2NO/c1-9(12-7-11(15)5-6-13(12)16)17-14-4-2-3-10(14)8-18/h5-7,9-10,14,17-18H,2-4,8H2,1H3. The lowest BCUT2D eigenvalue weighted by Gasteiger charge is -2.24. The van der Waals surface area contributed by atoms with Crippen LogP contribution in [0.25, 0.3) is 0 Å². The van der Waals surface area contributed by atoms with Gasteiger partial charge in [0.05, 0.1) is 0 Å². The van der Waals surface area contributed by atoms with E-state index in [1.165, 1.54) is 6.07 Å². The van der Waals surface area contributed by atoms with E-state index in [2.05, 4.69) is 5.32 Å². The van der Waals surface area contributed by atoms with Gasteiger partial charge in [0.25, 0.3) is 0 Å². The first-order valence-corrected chi connectivity index (χ1v) is 6.43. The van der Waals surface area contributed by atoms with Crippen molar-refractivity contribution in [3.63, 3.8) is 0 Å². The molecule has 3 unspecified atom stereocenters. The Kier molecular flexibility index (Phi) is 4.30. The van der Waals surface area contributed by atoms with Gasteiger partial charge in [-0.25, -0.2) is 8.78 Å². The van der Waals surface area contributed by atoms with Crippen molar-refractivity contribution in [1.29, 1.82) is 0 Å². The van der Waals surface area contributed by atoms with E-state index in [4.69, 9.17) is 0 Å². The van der Waals surface area contributed by atoms with Crippen molar-refractivity contribution in [3.05, 3.63) is 35.4 Å². The molecule has 0 heterocycles.